The fourth-order valence-electron chi connectivity index (χ4n) is 5.81. The predicted octanol–water partition coefficient (Wildman–Crippen LogP) is 2.24. The van der Waals surface area contributed by atoms with Crippen LogP contribution in [0, 0.1) is 5.92 Å². The third-order valence-corrected chi connectivity index (χ3v) is 8.45. The van der Waals surface area contributed by atoms with Crippen LogP contribution in [0.4, 0.5) is 5.69 Å². The number of aryl methyl sites for hydroxylation is 1. The predicted molar refractivity (Wildman–Crippen MR) is 168 cm³/mol. The Bertz CT molecular complexity index is 1380. The van der Waals surface area contributed by atoms with Gasteiger partial charge in [-0.05, 0) is 74.5 Å². The highest BCUT2D eigenvalue weighted by Crippen LogP contribution is 2.30. The summed E-state index contributed by atoms with van der Waals surface area (Å²) in [6.45, 7) is 7.19. The van der Waals surface area contributed by atoms with E-state index in [1.807, 2.05) is 32.0 Å². The molecule has 11 nitrogen and oxygen atoms in total. The van der Waals surface area contributed by atoms with Crippen LogP contribution in [0.15, 0.2) is 48.5 Å². The first kappa shape index (κ1) is 32.7. The first-order chi connectivity index (χ1) is 21.0. The number of anilines is 1. The summed E-state index contributed by atoms with van der Waals surface area (Å²) in [7, 11) is 1.67. The van der Waals surface area contributed by atoms with Crippen molar-refractivity contribution in [2.75, 3.05) is 32.0 Å². The fourth-order valence-corrected chi connectivity index (χ4v) is 5.81. The molecule has 1 aliphatic carbocycles. The molecule has 1 fully saturated rings. The van der Waals surface area contributed by atoms with Crippen LogP contribution in [0.5, 0.6) is 0 Å². The molecule has 0 spiro atoms. The molecule has 2 aliphatic rings. The van der Waals surface area contributed by atoms with Crippen molar-refractivity contribution in [2.24, 2.45) is 5.92 Å². The van der Waals surface area contributed by atoms with Crippen molar-refractivity contribution in [1.82, 2.24) is 25.8 Å². The van der Waals surface area contributed by atoms with Crippen LogP contribution in [-0.4, -0.2) is 84.1 Å². The maximum absolute atomic E-state index is 14.0. The van der Waals surface area contributed by atoms with E-state index in [0.29, 0.717) is 11.3 Å². The summed E-state index contributed by atoms with van der Waals surface area (Å²) in [5.41, 5.74) is 3.25. The summed E-state index contributed by atoms with van der Waals surface area (Å²) >= 11 is 0. The zero-order chi connectivity index (χ0) is 32.0. The summed E-state index contributed by atoms with van der Waals surface area (Å²) in [6, 6.07) is 12.1. The topological polar surface area (TPSA) is 140 Å². The molecule has 1 heterocycles. The van der Waals surface area contributed by atoms with Crippen molar-refractivity contribution in [1.29, 1.82) is 0 Å². The second-order valence-corrected chi connectivity index (χ2v) is 11.9. The van der Waals surface area contributed by atoms with E-state index in [-0.39, 0.29) is 61.1 Å². The Morgan fingerprint density at radius 3 is 2.30 bits per heavy atom. The molecule has 2 aromatic carbocycles. The molecule has 1 saturated heterocycles. The highest BCUT2D eigenvalue weighted by Gasteiger charge is 2.41. The van der Waals surface area contributed by atoms with Crippen LogP contribution in [0.1, 0.15) is 68.1 Å². The van der Waals surface area contributed by atoms with Crippen molar-refractivity contribution in [3.05, 3.63) is 65.2 Å². The minimum absolute atomic E-state index is 0.00387. The minimum atomic E-state index is -0.951. The maximum Gasteiger partial charge on any atom is 0.254 e. The Balaban J connectivity index is 1.59. The fraction of sp³-hybridized carbons (Fsp3) is 0.485. The lowest BCUT2D eigenvalue weighted by Crippen LogP contribution is -2.65. The number of piperazine rings is 1. The Kier molecular flexibility index (Phi) is 10.7. The molecule has 4 rings (SSSR count). The molecule has 11 heteroatoms. The van der Waals surface area contributed by atoms with Gasteiger partial charge in [-0.3, -0.25) is 24.0 Å². The van der Waals surface area contributed by atoms with Crippen LogP contribution in [0.2, 0.25) is 0 Å². The number of carbonyl (C=O) groups is 5. The summed E-state index contributed by atoms with van der Waals surface area (Å²) < 4.78 is 0. The van der Waals surface area contributed by atoms with E-state index in [4.69, 9.17) is 0 Å². The van der Waals surface area contributed by atoms with Gasteiger partial charge in [0.05, 0.1) is 18.6 Å². The number of benzene rings is 2. The molecular formula is C33H44N6O5. The van der Waals surface area contributed by atoms with Gasteiger partial charge in [-0.25, -0.2) is 0 Å². The van der Waals surface area contributed by atoms with Gasteiger partial charge in [0.2, 0.25) is 23.6 Å². The Hall–Kier alpha value is -4.25. The van der Waals surface area contributed by atoms with E-state index in [2.05, 4.69) is 27.3 Å². The summed E-state index contributed by atoms with van der Waals surface area (Å²) in [5.74, 6) is -1.72. The number of rotatable bonds is 9. The zero-order valence-corrected chi connectivity index (χ0v) is 26.2. The number of amides is 5. The van der Waals surface area contributed by atoms with E-state index in [1.54, 1.807) is 43.1 Å². The lowest BCUT2D eigenvalue weighted by Gasteiger charge is -2.43. The number of nitrogens with zero attached hydrogens (tertiary/aromatic N) is 2. The second kappa shape index (κ2) is 14.5. The van der Waals surface area contributed by atoms with E-state index in [0.717, 1.165) is 24.8 Å². The summed E-state index contributed by atoms with van der Waals surface area (Å²) in [6.07, 6.45) is 2.65. The molecule has 0 saturated carbocycles. The van der Waals surface area contributed by atoms with Gasteiger partial charge in [0.25, 0.3) is 5.91 Å². The van der Waals surface area contributed by atoms with Gasteiger partial charge in [-0.2, -0.15) is 0 Å². The van der Waals surface area contributed by atoms with Crippen molar-refractivity contribution in [3.8, 4) is 0 Å². The minimum Gasteiger partial charge on any atom is -0.347 e. The number of likely N-dealkylation sites (N-methyl/N-ethyl adjacent to an activating group) is 1. The molecule has 1 aliphatic heterocycles. The number of hydrogen-bond acceptors (Lipinski definition) is 6. The molecule has 0 aromatic heterocycles. The Morgan fingerprint density at radius 1 is 0.932 bits per heavy atom. The second-order valence-electron chi connectivity index (χ2n) is 11.9. The summed E-state index contributed by atoms with van der Waals surface area (Å²) in [5, 5.41) is 11.6. The third kappa shape index (κ3) is 7.63. The van der Waals surface area contributed by atoms with Crippen molar-refractivity contribution >= 4 is 35.2 Å². The molecule has 1 unspecified atom stereocenters. The molecular weight excluding hydrogens is 560 g/mol. The quantitative estimate of drug-likeness (QED) is 0.346. The van der Waals surface area contributed by atoms with Crippen molar-refractivity contribution < 1.29 is 24.0 Å². The Labute approximate surface area is 259 Å². The molecule has 4 N–H and O–H groups in total. The Morgan fingerprint density at radius 2 is 1.64 bits per heavy atom. The average molecular weight is 605 g/mol. The van der Waals surface area contributed by atoms with Crippen LogP contribution in [0.3, 0.4) is 0 Å². The van der Waals surface area contributed by atoms with Crippen LogP contribution >= 0.6 is 0 Å². The van der Waals surface area contributed by atoms with Crippen LogP contribution in [0.25, 0.3) is 0 Å². The lowest BCUT2D eigenvalue weighted by atomic mass is 9.87. The van der Waals surface area contributed by atoms with Gasteiger partial charge in [0.15, 0.2) is 0 Å². The first-order valence-corrected chi connectivity index (χ1v) is 15.3. The average Bonchev–Trinajstić information content (AvgIpc) is 3.02. The molecule has 236 valence electrons. The third-order valence-electron chi connectivity index (χ3n) is 8.45. The van der Waals surface area contributed by atoms with E-state index in [9.17, 15) is 24.0 Å². The zero-order valence-electron chi connectivity index (χ0n) is 26.2. The monoisotopic (exact) mass is 604 g/mol. The van der Waals surface area contributed by atoms with Crippen LogP contribution in [-0.2, 0) is 25.6 Å². The molecule has 5 amide bonds. The largest absolute Gasteiger partial charge is 0.347 e. The first-order valence-electron chi connectivity index (χ1n) is 15.3. The number of hydrogen-bond donors (Lipinski definition) is 4. The van der Waals surface area contributed by atoms with Crippen molar-refractivity contribution in [2.45, 2.75) is 71.1 Å². The van der Waals surface area contributed by atoms with Crippen molar-refractivity contribution in [3.63, 3.8) is 0 Å². The molecule has 44 heavy (non-hydrogen) atoms. The van der Waals surface area contributed by atoms with Crippen LogP contribution < -0.4 is 21.3 Å². The maximum atomic E-state index is 14.0. The summed E-state index contributed by atoms with van der Waals surface area (Å²) in [4.78, 5) is 68.9. The van der Waals surface area contributed by atoms with E-state index >= 15 is 0 Å². The highest BCUT2D eigenvalue weighted by molar-refractivity contribution is 5.97. The van der Waals surface area contributed by atoms with Gasteiger partial charge < -0.3 is 31.1 Å². The standard InChI is InChI=1S/C33H44N6O5/c1-20(2)29(37-30(41)21(3)34-5)33(44)39-18-17-38(32(43)24-13-15-25(16-14-24)35-22(4)40)19-28(39)31(42)36-27-12-8-10-23-9-6-7-11-26(23)27/h6-7,9,11,13-16,20-21,27-29,34H,8,10,12,17-19H2,1-5H3,(H,35,40)(H,36,42)(H,37,41)/t21-,27?,28-,29-/m0/s1. The molecule has 0 bridgehead atoms. The van der Waals surface area contributed by atoms with Gasteiger partial charge in [-0.15, -0.1) is 0 Å². The molecule has 4 atom stereocenters. The highest BCUT2D eigenvalue weighted by atomic mass is 16.2. The van der Waals surface area contributed by atoms with Gasteiger partial charge in [0.1, 0.15) is 12.1 Å². The smallest absolute Gasteiger partial charge is 0.254 e. The van der Waals surface area contributed by atoms with Gasteiger partial charge >= 0.3 is 0 Å². The number of carbonyl (C=O) groups excluding carboxylic acids is 5. The molecule has 2 aromatic rings. The molecule has 0 radical (unpaired) electrons. The normalized spacial score (nSPS) is 19.4. The van der Waals surface area contributed by atoms with Gasteiger partial charge in [0, 0.05) is 31.3 Å². The number of fused-ring (bicyclic) bond motifs is 1. The lowest BCUT2D eigenvalue weighted by molar-refractivity contribution is -0.147. The van der Waals surface area contributed by atoms with E-state index in [1.165, 1.54) is 17.4 Å². The van der Waals surface area contributed by atoms with E-state index < -0.39 is 18.1 Å². The SMILES string of the molecule is CN[C@@H](C)C(=O)N[C@H](C(=O)N1CCN(C(=O)c2ccc(NC(C)=O)cc2)C[C@H]1C(=O)NC1CCCc2ccccc21)C(C)C. The van der Waals surface area contributed by atoms with Gasteiger partial charge in [-0.1, -0.05) is 38.1 Å². The number of nitrogens with one attached hydrogen (secondary N) is 4.